The van der Waals surface area contributed by atoms with E-state index in [4.69, 9.17) is 9.47 Å². The Kier molecular flexibility index (Phi) is 4.02. The molecule has 2 rings (SSSR count). The summed E-state index contributed by atoms with van der Waals surface area (Å²) in [6.07, 6.45) is 13.9. The summed E-state index contributed by atoms with van der Waals surface area (Å²) in [6, 6.07) is 0. The Balaban J connectivity index is 1.67. The first-order valence-corrected chi connectivity index (χ1v) is 5.68. The molecule has 0 saturated heterocycles. The summed E-state index contributed by atoms with van der Waals surface area (Å²) in [5.41, 5.74) is 0.503. The first-order chi connectivity index (χ1) is 8.77. The molecule has 2 aliphatic carbocycles. The first kappa shape index (κ1) is 12.2. The summed E-state index contributed by atoms with van der Waals surface area (Å²) in [5.74, 6) is -1.04. The zero-order valence-electron chi connectivity index (χ0n) is 9.74. The van der Waals surface area contributed by atoms with E-state index >= 15 is 0 Å². The van der Waals surface area contributed by atoms with Crippen molar-refractivity contribution >= 4 is 5.97 Å². The second kappa shape index (κ2) is 5.91. The van der Waals surface area contributed by atoms with E-state index in [9.17, 15) is 9.90 Å². The van der Waals surface area contributed by atoms with Crippen LogP contribution in [0, 0.1) is 5.92 Å². The maximum absolute atomic E-state index is 11.5. The fraction of sp³-hybridized carbons (Fsp3) is 0.214. The summed E-state index contributed by atoms with van der Waals surface area (Å²) >= 11 is 0. The van der Waals surface area contributed by atoms with Gasteiger partial charge in [-0.15, -0.1) is 0 Å². The quantitative estimate of drug-likeness (QED) is 0.411. The van der Waals surface area contributed by atoms with Crippen molar-refractivity contribution in [2.24, 2.45) is 5.92 Å². The van der Waals surface area contributed by atoms with Crippen LogP contribution in [0.3, 0.4) is 0 Å². The number of esters is 1. The molecule has 0 spiro atoms. The van der Waals surface area contributed by atoms with E-state index in [2.05, 4.69) is 0 Å². The molecule has 4 nitrogen and oxygen atoms in total. The average molecular weight is 245 g/mol. The van der Waals surface area contributed by atoms with E-state index < -0.39 is 5.95 Å². The predicted molar refractivity (Wildman–Crippen MR) is 64.0 cm³/mol. The van der Waals surface area contributed by atoms with Gasteiger partial charge in [-0.1, -0.05) is 48.6 Å². The van der Waals surface area contributed by atoms with Gasteiger partial charge in [-0.3, -0.25) is 4.79 Å². The summed E-state index contributed by atoms with van der Waals surface area (Å²) in [5, 5.41) is 11.4. The third-order valence-electron chi connectivity index (χ3n) is 2.48. The highest BCUT2D eigenvalue weighted by atomic mass is 16.6. The number of hydrogen-bond acceptors (Lipinski definition) is 4. The number of rotatable bonds is 5. The highest BCUT2D eigenvalue weighted by Crippen LogP contribution is 2.11. The largest absolute Gasteiger partial charge is 0.609 e. The molecular weight excluding hydrogens is 232 g/mol. The lowest BCUT2D eigenvalue weighted by Gasteiger charge is -2.17. The molecule has 0 aromatic rings. The second-order valence-electron chi connectivity index (χ2n) is 3.77. The third kappa shape index (κ3) is 3.13. The number of allylic oxidation sites excluding steroid dienone is 7. The lowest BCUT2D eigenvalue weighted by atomic mass is 10.2. The molecule has 2 aliphatic rings. The van der Waals surface area contributed by atoms with Gasteiger partial charge >= 0.3 is 5.97 Å². The zero-order chi connectivity index (χ0) is 12.8. The van der Waals surface area contributed by atoms with Crippen molar-refractivity contribution in [2.45, 2.75) is 0 Å². The second-order valence-corrected chi connectivity index (χ2v) is 3.77. The maximum Gasteiger partial charge on any atom is 0.316 e. The molecule has 0 N–H and O–H groups in total. The van der Waals surface area contributed by atoms with Gasteiger partial charge in [0.25, 0.3) is 0 Å². The van der Waals surface area contributed by atoms with Crippen LogP contribution >= 0.6 is 0 Å². The fourth-order valence-corrected chi connectivity index (χ4v) is 1.56. The Morgan fingerprint density at radius 3 is 2.33 bits per heavy atom. The molecule has 0 heterocycles. The lowest BCUT2D eigenvalue weighted by molar-refractivity contribution is -0.358. The van der Waals surface area contributed by atoms with Gasteiger partial charge in [0.1, 0.15) is 6.61 Å². The minimum atomic E-state index is -0.406. The normalized spacial score (nSPS) is 16.6. The standard InChI is InChI=1S/C14H14O4/c15-13(11-5-1-2-6-11)17-9-10-18-14(16)12-7-3-4-8-12/h1-8,11,16H,9-10H2/p-1. The van der Waals surface area contributed by atoms with Gasteiger partial charge in [0, 0.05) is 6.61 Å². The molecule has 0 unspecified atom stereocenters. The van der Waals surface area contributed by atoms with Crippen LogP contribution in [-0.4, -0.2) is 19.2 Å². The van der Waals surface area contributed by atoms with E-state index in [-0.39, 0.29) is 25.1 Å². The SMILES string of the molecule is O=C(OCCOC([O-])=C1C=CC=C1)C1C=CC=C1. The predicted octanol–water partition coefficient (Wildman–Crippen LogP) is 0.986. The summed E-state index contributed by atoms with van der Waals surface area (Å²) < 4.78 is 9.92. The van der Waals surface area contributed by atoms with Crippen LogP contribution < -0.4 is 5.11 Å². The Labute approximate surface area is 105 Å². The molecule has 0 radical (unpaired) electrons. The molecule has 0 fully saturated rings. The molecule has 18 heavy (non-hydrogen) atoms. The molecule has 0 aliphatic heterocycles. The molecule has 0 atom stereocenters. The molecule has 4 heteroatoms. The molecule has 0 aromatic heterocycles. The fourth-order valence-electron chi connectivity index (χ4n) is 1.56. The molecule has 0 amide bonds. The Hall–Kier alpha value is -2.23. The number of hydrogen-bond donors (Lipinski definition) is 0. The van der Waals surface area contributed by atoms with Crippen molar-refractivity contribution < 1.29 is 19.4 Å². The Morgan fingerprint density at radius 1 is 1.06 bits per heavy atom. The first-order valence-electron chi connectivity index (χ1n) is 5.68. The van der Waals surface area contributed by atoms with Gasteiger partial charge in [-0.05, 0) is 5.57 Å². The monoisotopic (exact) mass is 245 g/mol. The van der Waals surface area contributed by atoms with Crippen molar-refractivity contribution in [1.82, 2.24) is 0 Å². The smallest absolute Gasteiger partial charge is 0.316 e. The van der Waals surface area contributed by atoms with Gasteiger partial charge in [-0.2, -0.15) is 0 Å². The summed E-state index contributed by atoms with van der Waals surface area (Å²) in [7, 11) is 0. The average Bonchev–Trinajstić information content (AvgIpc) is 3.05. The van der Waals surface area contributed by atoms with Crippen LogP contribution in [0.25, 0.3) is 0 Å². The third-order valence-corrected chi connectivity index (χ3v) is 2.48. The van der Waals surface area contributed by atoms with Crippen molar-refractivity contribution in [2.75, 3.05) is 13.2 Å². The van der Waals surface area contributed by atoms with Crippen molar-refractivity contribution in [3.8, 4) is 0 Å². The van der Waals surface area contributed by atoms with Crippen molar-refractivity contribution in [3.05, 3.63) is 60.1 Å². The van der Waals surface area contributed by atoms with E-state index in [1.54, 1.807) is 48.6 Å². The molecule has 0 saturated carbocycles. The number of ether oxygens (including phenoxy) is 2. The van der Waals surface area contributed by atoms with E-state index in [1.807, 2.05) is 0 Å². The minimum absolute atomic E-state index is 0.0654. The summed E-state index contributed by atoms with van der Waals surface area (Å²) in [6.45, 7) is 0.138. The molecule has 0 aromatic carbocycles. The topological polar surface area (TPSA) is 58.6 Å². The van der Waals surface area contributed by atoms with E-state index in [0.29, 0.717) is 5.57 Å². The van der Waals surface area contributed by atoms with Crippen LogP contribution in [-0.2, 0) is 14.3 Å². The highest BCUT2D eigenvalue weighted by Gasteiger charge is 2.14. The van der Waals surface area contributed by atoms with Gasteiger partial charge in [0.2, 0.25) is 0 Å². The van der Waals surface area contributed by atoms with Gasteiger partial charge in [0.15, 0.2) is 0 Å². The Bertz CT molecular complexity index is 440. The van der Waals surface area contributed by atoms with Crippen molar-refractivity contribution in [3.63, 3.8) is 0 Å². The zero-order valence-corrected chi connectivity index (χ0v) is 9.74. The van der Waals surface area contributed by atoms with Gasteiger partial charge < -0.3 is 14.6 Å². The van der Waals surface area contributed by atoms with Gasteiger partial charge in [-0.25, -0.2) is 0 Å². The number of carbonyl (C=O) groups is 1. The van der Waals surface area contributed by atoms with Crippen LogP contribution in [0.5, 0.6) is 0 Å². The van der Waals surface area contributed by atoms with Crippen LogP contribution in [0.2, 0.25) is 0 Å². The minimum Gasteiger partial charge on any atom is -0.609 e. The number of carbonyl (C=O) groups excluding carboxylic acids is 1. The summed E-state index contributed by atoms with van der Waals surface area (Å²) in [4.78, 5) is 11.5. The lowest BCUT2D eigenvalue weighted by Crippen LogP contribution is -2.18. The van der Waals surface area contributed by atoms with E-state index in [0.717, 1.165) is 0 Å². The van der Waals surface area contributed by atoms with Crippen LogP contribution in [0.1, 0.15) is 0 Å². The molecular formula is C14H13O4-. The maximum atomic E-state index is 11.5. The molecule has 94 valence electrons. The Morgan fingerprint density at radius 2 is 1.67 bits per heavy atom. The van der Waals surface area contributed by atoms with Crippen molar-refractivity contribution in [1.29, 1.82) is 0 Å². The van der Waals surface area contributed by atoms with Crippen LogP contribution in [0.4, 0.5) is 0 Å². The van der Waals surface area contributed by atoms with Crippen LogP contribution in [0.15, 0.2) is 60.1 Å². The highest BCUT2D eigenvalue weighted by molar-refractivity contribution is 5.77. The van der Waals surface area contributed by atoms with E-state index in [1.165, 1.54) is 0 Å². The van der Waals surface area contributed by atoms with Gasteiger partial charge in [0.05, 0.1) is 11.9 Å². The molecule has 0 bridgehead atoms.